The van der Waals surface area contributed by atoms with Crippen LogP contribution in [0.3, 0.4) is 0 Å². The fraction of sp³-hybridized carbons (Fsp3) is 0.154. The van der Waals surface area contributed by atoms with Crippen LogP contribution < -0.4 is 5.32 Å². The fourth-order valence-corrected chi connectivity index (χ4v) is 1.95. The van der Waals surface area contributed by atoms with Crippen molar-refractivity contribution >= 4 is 21.7 Å². The third-order valence-corrected chi connectivity index (χ3v) is 3.14. The predicted octanol–water partition coefficient (Wildman–Crippen LogP) is 2.88. The van der Waals surface area contributed by atoms with Crippen molar-refractivity contribution in [1.82, 2.24) is 20.2 Å². The Bertz CT molecular complexity index is 662. The lowest BCUT2D eigenvalue weighted by molar-refractivity contribution is 0.577. The summed E-state index contributed by atoms with van der Waals surface area (Å²) in [6, 6.07) is 7.50. The number of nitrogens with one attached hydrogen (secondary N) is 2. The van der Waals surface area contributed by atoms with Gasteiger partial charge in [-0.05, 0) is 40.2 Å². The summed E-state index contributed by atoms with van der Waals surface area (Å²) in [7, 11) is 0. The van der Waals surface area contributed by atoms with E-state index >= 15 is 0 Å². The summed E-state index contributed by atoms with van der Waals surface area (Å²) in [6.07, 6.45) is 4.09. The molecule has 0 saturated heterocycles. The lowest BCUT2D eigenvalue weighted by atomic mass is 10.4. The van der Waals surface area contributed by atoms with Gasteiger partial charge in [0.2, 0.25) is 5.82 Å². The van der Waals surface area contributed by atoms with Crippen molar-refractivity contribution in [2.45, 2.75) is 6.42 Å². The Labute approximate surface area is 123 Å². The van der Waals surface area contributed by atoms with E-state index in [1.54, 1.807) is 12.5 Å². The molecule has 0 saturated carbocycles. The van der Waals surface area contributed by atoms with Crippen molar-refractivity contribution < 1.29 is 4.42 Å². The smallest absolute Gasteiger partial charge is 0.216 e. The second-order valence-electron chi connectivity index (χ2n) is 4.12. The molecule has 0 radical (unpaired) electrons. The molecule has 0 fully saturated rings. The van der Waals surface area contributed by atoms with Gasteiger partial charge in [-0.25, -0.2) is 9.97 Å². The highest BCUT2D eigenvalue weighted by molar-refractivity contribution is 9.10. The van der Waals surface area contributed by atoms with Gasteiger partial charge in [0, 0.05) is 23.6 Å². The Morgan fingerprint density at radius 1 is 1.30 bits per heavy atom. The molecule has 102 valence electrons. The molecule has 0 bridgehead atoms. The van der Waals surface area contributed by atoms with Gasteiger partial charge in [0.25, 0.3) is 0 Å². The average molecular weight is 334 g/mol. The van der Waals surface area contributed by atoms with Crippen LogP contribution in [-0.4, -0.2) is 26.7 Å². The van der Waals surface area contributed by atoms with Crippen LogP contribution in [0.1, 0.15) is 5.82 Å². The summed E-state index contributed by atoms with van der Waals surface area (Å²) in [6.45, 7) is 0.724. The zero-order chi connectivity index (χ0) is 13.8. The van der Waals surface area contributed by atoms with Crippen LogP contribution in [0.2, 0.25) is 0 Å². The van der Waals surface area contributed by atoms with Gasteiger partial charge >= 0.3 is 0 Å². The van der Waals surface area contributed by atoms with Gasteiger partial charge in [-0.1, -0.05) is 0 Å². The van der Waals surface area contributed by atoms with E-state index in [4.69, 9.17) is 4.42 Å². The largest absolute Gasteiger partial charge is 0.461 e. The maximum absolute atomic E-state index is 5.24. The molecule has 3 aromatic rings. The summed E-state index contributed by atoms with van der Waals surface area (Å²) < 4.78 is 6.20. The molecule has 3 aromatic heterocycles. The monoisotopic (exact) mass is 333 g/mol. The minimum atomic E-state index is 0.576. The maximum atomic E-state index is 5.24. The van der Waals surface area contributed by atoms with E-state index < -0.39 is 0 Å². The molecule has 0 atom stereocenters. The van der Waals surface area contributed by atoms with Crippen LogP contribution in [0, 0.1) is 0 Å². The van der Waals surface area contributed by atoms with Crippen molar-refractivity contribution in [3.8, 4) is 11.6 Å². The SMILES string of the molecule is Brc1ccc(NCCc2nc(-c3ccco3)n[nH]2)nc1. The highest BCUT2D eigenvalue weighted by Gasteiger charge is 2.07. The molecule has 0 aliphatic heterocycles. The molecule has 7 heteroatoms. The molecule has 0 spiro atoms. The third-order valence-electron chi connectivity index (χ3n) is 2.67. The predicted molar refractivity (Wildman–Crippen MR) is 78.2 cm³/mol. The first kappa shape index (κ1) is 12.9. The van der Waals surface area contributed by atoms with Crippen LogP contribution in [0.15, 0.2) is 45.6 Å². The molecule has 3 rings (SSSR count). The Morgan fingerprint density at radius 2 is 2.25 bits per heavy atom. The number of hydrogen-bond donors (Lipinski definition) is 2. The van der Waals surface area contributed by atoms with E-state index in [1.165, 1.54) is 0 Å². The second-order valence-corrected chi connectivity index (χ2v) is 5.04. The topological polar surface area (TPSA) is 79.6 Å². The Morgan fingerprint density at radius 3 is 3.00 bits per heavy atom. The second kappa shape index (κ2) is 5.87. The minimum absolute atomic E-state index is 0.576. The van der Waals surface area contributed by atoms with Crippen molar-refractivity contribution in [2.75, 3.05) is 11.9 Å². The molecule has 0 aliphatic carbocycles. The van der Waals surface area contributed by atoms with E-state index in [0.29, 0.717) is 11.6 Å². The molecule has 0 aromatic carbocycles. The highest BCUT2D eigenvalue weighted by atomic mass is 79.9. The number of nitrogens with zero attached hydrogens (tertiary/aromatic N) is 3. The van der Waals surface area contributed by atoms with Gasteiger partial charge in [0.15, 0.2) is 5.76 Å². The summed E-state index contributed by atoms with van der Waals surface area (Å²) >= 11 is 3.35. The van der Waals surface area contributed by atoms with Crippen LogP contribution >= 0.6 is 15.9 Å². The number of halogens is 1. The highest BCUT2D eigenvalue weighted by Crippen LogP contribution is 2.14. The molecule has 0 aliphatic rings. The number of furan rings is 1. The minimum Gasteiger partial charge on any atom is -0.461 e. The summed E-state index contributed by atoms with van der Waals surface area (Å²) in [5.41, 5.74) is 0. The normalized spacial score (nSPS) is 10.7. The zero-order valence-corrected chi connectivity index (χ0v) is 12.1. The van der Waals surface area contributed by atoms with Crippen molar-refractivity contribution in [3.63, 3.8) is 0 Å². The Balaban J connectivity index is 1.55. The van der Waals surface area contributed by atoms with E-state index in [1.807, 2.05) is 24.3 Å². The number of aromatic nitrogens is 4. The van der Waals surface area contributed by atoms with Crippen molar-refractivity contribution in [3.05, 3.63) is 47.0 Å². The quantitative estimate of drug-likeness (QED) is 0.750. The Hall–Kier alpha value is -2.15. The van der Waals surface area contributed by atoms with Gasteiger partial charge in [0.1, 0.15) is 11.6 Å². The van der Waals surface area contributed by atoms with E-state index in [0.717, 1.165) is 29.1 Å². The van der Waals surface area contributed by atoms with Gasteiger partial charge in [0.05, 0.1) is 6.26 Å². The zero-order valence-electron chi connectivity index (χ0n) is 10.5. The maximum Gasteiger partial charge on any atom is 0.216 e. The van der Waals surface area contributed by atoms with Gasteiger partial charge in [-0.15, -0.1) is 0 Å². The first-order valence-electron chi connectivity index (χ1n) is 6.12. The van der Waals surface area contributed by atoms with E-state index in [-0.39, 0.29) is 0 Å². The molecular formula is C13H12BrN5O. The van der Waals surface area contributed by atoms with Gasteiger partial charge in [-0.2, -0.15) is 5.10 Å². The van der Waals surface area contributed by atoms with E-state index in [2.05, 4.69) is 41.4 Å². The van der Waals surface area contributed by atoms with Crippen LogP contribution in [0.4, 0.5) is 5.82 Å². The Kier molecular flexibility index (Phi) is 3.78. The molecular weight excluding hydrogens is 322 g/mol. The van der Waals surface area contributed by atoms with Crippen LogP contribution in [-0.2, 0) is 6.42 Å². The molecule has 0 unspecified atom stereocenters. The van der Waals surface area contributed by atoms with Gasteiger partial charge < -0.3 is 9.73 Å². The number of rotatable bonds is 5. The third kappa shape index (κ3) is 3.05. The number of hydrogen-bond acceptors (Lipinski definition) is 5. The number of pyridine rings is 1. The number of H-pyrrole nitrogens is 1. The fourth-order valence-electron chi connectivity index (χ4n) is 1.71. The molecule has 2 N–H and O–H groups in total. The lowest BCUT2D eigenvalue weighted by Gasteiger charge is -2.03. The van der Waals surface area contributed by atoms with Gasteiger partial charge in [-0.3, -0.25) is 5.10 Å². The first-order chi connectivity index (χ1) is 9.81. The molecule has 3 heterocycles. The molecule has 6 nitrogen and oxygen atoms in total. The summed E-state index contributed by atoms with van der Waals surface area (Å²) in [5, 5.41) is 10.2. The molecule has 20 heavy (non-hydrogen) atoms. The van der Waals surface area contributed by atoms with E-state index in [9.17, 15) is 0 Å². The van der Waals surface area contributed by atoms with Crippen LogP contribution in [0.25, 0.3) is 11.6 Å². The molecule has 0 amide bonds. The lowest BCUT2D eigenvalue weighted by Crippen LogP contribution is -2.07. The standard InChI is InChI=1S/C13H12BrN5O/c14-9-3-4-11(16-8-9)15-6-5-12-17-13(19-18-12)10-2-1-7-20-10/h1-4,7-8H,5-6H2,(H,15,16)(H,17,18,19). The number of aromatic amines is 1. The first-order valence-corrected chi connectivity index (χ1v) is 6.91. The van der Waals surface area contributed by atoms with Crippen molar-refractivity contribution in [2.24, 2.45) is 0 Å². The van der Waals surface area contributed by atoms with Crippen molar-refractivity contribution in [1.29, 1.82) is 0 Å². The average Bonchev–Trinajstić information content (AvgIpc) is 3.11. The summed E-state index contributed by atoms with van der Waals surface area (Å²) in [4.78, 5) is 8.61. The van der Waals surface area contributed by atoms with Crippen LogP contribution in [0.5, 0.6) is 0 Å². The number of anilines is 1. The summed E-state index contributed by atoms with van der Waals surface area (Å²) in [5.74, 6) is 2.88.